The fraction of sp³-hybridized carbons (Fsp3) is 0.300. The zero-order chi connectivity index (χ0) is 29.9. The Morgan fingerprint density at radius 2 is 0.952 bits per heavy atom. The normalized spacial score (nSPS) is 19.9. The van der Waals surface area contributed by atoms with Crippen LogP contribution in [-0.2, 0) is 27.0 Å². The Kier molecular flexibility index (Phi) is 6.48. The van der Waals surface area contributed by atoms with Crippen molar-refractivity contribution in [1.29, 1.82) is 0 Å². The van der Waals surface area contributed by atoms with Crippen molar-refractivity contribution in [2.75, 3.05) is 0 Å². The Labute approximate surface area is 250 Å². The summed E-state index contributed by atoms with van der Waals surface area (Å²) in [6, 6.07) is 32.3. The van der Waals surface area contributed by atoms with E-state index in [4.69, 9.17) is 0 Å². The van der Waals surface area contributed by atoms with E-state index in [9.17, 15) is 0 Å². The molecule has 2 aliphatic carbocycles. The van der Waals surface area contributed by atoms with Crippen LogP contribution in [0.25, 0.3) is 34.4 Å². The monoisotopic (exact) mass is 736 g/mol. The molecule has 4 aromatic rings. The van der Waals surface area contributed by atoms with Gasteiger partial charge in [-0.3, -0.25) is 0 Å². The number of benzene rings is 4. The van der Waals surface area contributed by atoms with E-state index < -0.39 is 14.2 Å². The molecule has 0 nitrogen and oxygen atoms in total. The van der Waals surface area contributed by atoms with Crippen LogP contribution in [-0.4, -0.2) is 6.94 Å². The van der Waals surface area contributed by atoms with Crippen LogP contribution in [0.5, 0.6) is 0 Å². The van der Waals surface area contributed by atoms with Crippen molar-refractivity contribution >= 4 is 19.1 Å². The van der Waals surface area contributed by atoms with Crippen molar-refractivity contribution in [3.63, 3.8) is 0 Å². The Hall–Kier alpha value is -2.55. The van der Waals surface area contributed by atoms with Crippen molar-refractivity contribution in [1.82, 2.24) is 0 Å². The first-order valence-electron chi connectivity index (χ1n) is 16.2. The molecule has 0 aromatic heterocycles. The number of fused-ring (bicyclic) bond motifs is 2. The van der Waals surface area contributed by atoms with E-state index in [0.717, 1.165) is 12.8 Å². The van der Waals surface area contributed by atoms with E-state index in [2.05, 4.69) is 151 Å². The van der Waals surface area contributed by atoms with Gasteiger partial charge in [-0.15, -0.1) is 0 Å². The average Bonchev–Trinajstić information content (AvgIpc) is 3.64. The molecular formula is C40H48HfSi. The van der Waals surface area contributed by atoms with Crippen LogP contribution in [0.4, 0.5) is 0 Å². The van der Waals surface area contributed by atoms with Gasteiger partial charge in [0, 0.05) is 0 Å². The molecule has 4 aromatic carbocycles. The first-order chi connectivity index (χ1) is 19.9. The zero-order valence-electron chi connectivity index (χ0n) is 26.6. The second kappa shape index (κ2) is 9.23. The van der Waals surface area contributed by atoms with Crippen LogP contribution in [0.1, 0.15) is 67.9 Å². The van der Waals surface area contributed by atoms with Crippen molar-refractivity contribution in [2.45, 2.75) is 65.6 Å². The molecule has 0 aliphatic heterocycles. The van der Waals surface area contributed by atoms with E-state index in [-0.39, 0.29) is 0 Å². The predicted octanol–water partition coefficient (Wildman–Crippen LogP) is 11.3. The van der Waals surface area contributed by atoms with Gasteiger partial charge >= 0.3 is 252 Å². The molecule has 216 valence electrons. The van der Waals surface area contributed by atoms with Crippen LogP contribution in [0.3, 0.4) is 0 Å². The SMILES string of the molecule is CC[CH2][Hf]([CH3])([CH3])([CH3])(=[SiH2])([CH]1C=Cc2c(-c3ccccc3CC)cccc21)[CH]1C=Cc2c(-c3ccccc3CC)cccc21. The van der Waals surface area contributed by atoms with E-state index in [1.54, 1.807) is 11.1 Å². The molecule has 0 fully saturated rings. The van der Waals surface area contributed by atoms with Crippen molar-refractivity contribution in [2.24, 2.45) is 0 Å². The zero-order valence-corrected chi connectivity index (χ0v) is 31.6. The van der Waals surface area contributed by atoms with Gasteiger partial charge in [-0.05, 0) is 0 Å². The van der Waals surface area contributed by atoms with Crippen molar-refractivity contribution in [3.05, 3.63) is 130 Å². The summed E-state index contributed by atoms with van der Waals surface area (Å²) in [5.74, 6) is 0. The van der Waals surface area contributed by atoms with Gasteiger partial charge in [-0.1, -0.05) is 0 Å². The average molecular weight is 735 g/mol. The van der Waals surface area contributed by atoms with E-state index in [1.165, 1.54) is 55.1 Å². The number of hydrogen-bond donors (Lipinski definition) is 0. The first-order valence-corrected chi connectivity index (χ1v) is 42.0. The fourth-order valence-corrected chi connectivity index (χ4v) is 51.2. The molecule has 2 aliphatic rings. The molecule has 0 heterocycles. The first kappa shape index (κ1) is 29.5. The Bertz CT molecular complexity index is 1790. The molecular weight excluding hydrogens is 687 g/mol. The van der Waals surface area contributed by atoms with Gasteiger partial charge in [-0.2, -0.15) is 0 Å². The Morgan fingerprint density at radius 3 is 1.36 bits per heavy atom. The van der Waals surface area contributed by atoms with Crippen LogP contribution in [0.15, 0.2) is 97.1 Å². The van der Waals surface area contributed by atoms with Gasteiger partial charge in [0.25, 0.3) is 0 Å². The molecule has 42 heavy (non-hydrogen) atoms. The van der Waals surface area contributed by atoms with Crippen LogP contribution >= 0.6 is 0 Å². The van der Waals surface area contributed by atoms with Crippen molar-refractivity contribution in [3.8, 4) is 22.3 Å². The van der Waals surface area contributed by atoms with Gasteiger partial charge in [0.1, 0.15) is 0 Å². The molecule has 0 spiro atoms. The molecule has 0 amide bonds. The summed E-state index contributed by atoms with van der Waals surface area (Å²) >= 11 is -4.87. The van der Waals surface area contributed by atoms with Gasteiger partial charge < -0.3 is 0 Å². The minimum absolute atomic E-state index is 0.434. The van der Waals surface area contributed by atoms with Gasteiger partial charge in [-0.25, -0.2) is 0 Å². The van der Waals surface area contributed by atoms with Crippen LogP contribution in [0, 0.1) is 0 Å². The summed E-state index contributed by atoms with van der Waals surface area (Å²) in [7, 11) is 0. The summed E-state index contributed by atoms with van der Waals surface area (Å²) in [5.41, 5.74) is 14.4. The topological polar surface area (TPSA) is 0 Å². The van der Waals surface area contributed by atoms with Gasteiger partial charge in [0.05, 0.1) is 0 Å². The van der Waals surface area contributed by atoms with Crippen LogP contribution in [0.2, 0.25) is 18.2 Å². The quantitative estimate of drug-likeness (QED) is 0.158. The second-order valence-corrected chi connectivity index (χ2v) is 98.4. The molecule has 2 atom stereocenters. The number of hydrogen-bond acceptors (Lipinski definition) is 0. The Morgan fingerprint density at radius 1 is 0.548 bits per heavy atom. The molecule has 0 N–H and O–H groups in total. The summed E-state index contributed by atoms with van der Waals surface area (Å²) in [6.45, 7) is 9.45. The summed E-state index contributed by atoms with van der Waals surface area (Å²) in [4.78, 5) is 0. The number of allylic oxidation sites excluding steroid dienone is 2. The van der Waals surface area contributed by atoms with E-state index in [1.807, 2.05) is 0 Å². The minimum atomic E-state index is -4.87. The molecule has 6 rings (SSSR count). The predicted molar refractivity (Wildman–Crippen MR) is 187 cm³/mol. The van der Waals surface area contributed by atoms with E-state index in [0.29, 0.717) is 7.35 Å². The van der Waals surface area contributed by atoms with Crippen molar-refractivity contribution < 1.29 is 14.2 Å². The third kappa shape index (κ3) is 4.23. The number of aryl methyl sites for hydroxylation is 2. The standard InChI is InChI=1S/2C17H15.C3H7.3CH3.Hf.H2Si/c2*1-2-13-7-3-4-10-15(13)17-12-6-9-14-8-5-11-16(14)17;1-3-2;;;;;/h2*3-12H,2H2,1H3;1,3H2,2H3;3*1H3;;1H2. The molecule has 0 bridgehead atoms. The molecule has 0 saturated carbocycles. The number of rotatable bonds is 8. The summed E-state index contributed by atoms with van der Waals surface area (Å²) < 4.78 is 10.6. The van der Waals surface area contributed by atoms with Crippen LogP contribution < -0.4 is 0 Å². The third-order valence-electron chi connectivity index (χ3n) is 11.8. The molecule has 2 heteroatoms. The van der Waals surface area contributed by atoms with Gasteiger partial charge in [0.2, 0.25) is 0 Å². The molecule has 2 unspecified atom stereocenters. The summed E-state index contributed by atoms with van der Waals surface area (Å²) in [6.07, 6.45) is 13.6. The maximum absolute atomic E-state index is 4.87. The van der Waals surface area contributed by atoms with Gasteiger partial charge in [0.15, 0.2) is 0 Å². The Balaban J connectivity index is 1.57. The molecule has 0 saturated heterocycles. The molecule has 0 radical (unpaired) electrons. The summed E-state index contributed by atoms with van der Waals surface area (Å²) in [5, 5.41) is 0. The fourth-order valence-electron chi connectivity index (χ4n) is 9.56. The second-order valence-electron chi connectivity index (χ2n) is 16.6. The third-order valence-corrected chi connectivity index (χ3v) is 58.4. The van der Waals surface area contributed by atoms with E-state index >= 15 is 0 Å². The maximum atomic E-state index is 2.82.